The Morgan fingerprint density at radius 2 is 2.05 bits per heavy atom. The molecular formula is C16H29N3O2. The van der Waals surface area contributed by atoms with Crippen LogP contribution in [0.2, 0.25) is 0 Å². The maximum absolute atomic E-state index is 12.4. The molecule has 0 aromatic carbocycles. The Labute approximate surface area is 127 Å². The van der Waals surface area contributed by atoms with Crippen LogP contribution in [0.25, 0.3) is 0 Å². The molecule has 120 valence electrons. The summed E-state index contributed by atoms with van der Waals surface area (Å²) in [7, 11) is 0. The molecule has 0 aromatic heterocycles. The van der Waals surface area contributed by atoms with E-state index in [-0.39, 0.29) is 17.9 Å². The molecule has 5 heteroatoms. The molecule has 1 aliphatic carbocycles. The van der Waals surface area contributed by atoms with E-state index in [0.717, 1.165) is 51.5 Å². The van der Waals surface area contributed by atoms with Gasteiger partial charge in [0.2, 0.25) is 11.8 Å². The van der Waals surface area contributed by atoms with Crippen molar-refractivity contribution in [3.8, 4) is 0 Å². The van der Waals surface area contributed by atoms with Crippen molar-refractivity contribution in [3.05, 3.63) is 0 Å². The van der Waals surface area contributed by atoms with Crippen molar-refractivity contribution in [2.75, 3.05) is 13.1 Å². The molecule has 5 nitrogen and oxygen atoms in total. The van der Waals surface area contributed by atoms with Gasteiger partial charge < -0.3 is 16.0 Å². The van der Waals surface area contributed by atoms with Crippen LogP contribution in [0.5, 0.6) is 0 Å². The number of nitrogens with two attached hydrogens (primary N) is 1. The van der Waals surface area contributed by atoms with E-state index in [1.54, 1.807) is 4.90 Å². The normalized spacial score (nSPS) is 23.1. The highest BCUT2D eigenvalue weighted by Gasteiger charge is 2.36. The molecule has 0 aromatic rings. The molecule has 21 heavy (non-hydrogen) atoms. The molecule has 3 N–H and O–H groups in total. The van der Waals surface area contributed by atoms with Gasteiger partial charge in [0.15, 0.2) is 0 Å². The third kappa shape index (κ3) is 4.70. The molecule has 1 saturated carbocycles. The van der Waals surface area contributed by atoms with Gasteiger partial charge in [0.25, 0.3) is 0 Å². The number of likely N-dealkylation sites (tertiary alicyclic amines) is 1. The molecular weight excluding hydrogens is 266 g/mol. The largest absolute Gasteiger partial charge is 0.352 e. The first-order valence-corrected chi connectivity index (χ1v) is 8.45. The van der Waals surface area contributed by atoms with Crippen LogP contribution in [0.1, 0.15) is 58.3 Å². The second-order valence-corrected chi connectivity index (χ2v) is 6.42. The third-order valence-electron chi connectivity index (χ3n) is 4.72. The molecule has 2 fully saturated rings. The Balaban J connectivity index is 1.80. The first-order valence-electron chi connectivity index (χ1n) is 8.45. The average Bonchev–Trinajstić information content (AvgIpc) is 3.15. The van der Waals surface area contributed by atoms with Gasteiger partial charge in [0, 0.05) is 19.0 Å². The van der Waals surface area contributed by atoms with E-state index >= 15 is 0 Å². The predicted molar refractivity (Wildman–Crippen MR) is 82.6 cm³/mol. The van der Waals surface area contributed by atoms with Crippen LogP contribution < -0.4 is 11.1 Å². The van der Waals surface area contributed by atoms with Crippen LogP contribution in [0.4, 0.5) is 0 Å². The lowest BCUT2D eigenvalue weighted by Gasteiger charge is -2.25. The number of amides is 2. The Hall–Kier alpha value is -1.10. The first kappa shape index (κ1) is 16.3. The maximum Gasteiger partial charge on any atom is 0.243 e. The van der Waals surface area contributed by atoms with Crippen molar-refractivity contribution in [1.29, 1.82) is 0 Å². The van der Waals surface area contributed by atoms with Gasteiger partial charge in [-0.3, -0.25) is 9.59 Å². The molecule has 2 rings (SSSR count). The molecule has 2 amide bonds. The lowest BCUT2D eigenvalue weighted by atomic mass is 9.96. The standard InChI is InChI=1S/C16H29N3O2/c1-2-12(9-10-17)5-8-15(20)19-11-3-4-14(19)16(21)18-13-6-7-13/h12-14H,2-11,17H2,1H3,(H,18,21). The van der Waals surface area contributed by atoms with E-state index in [1.807, 2.05) is 0 Å². The minimum Gasteiger partial charge on any atom is -0.352 e. The molecule has 1 aliphatic heterocycles. The summed E-state index contributed by atoms with van der Waals surface area (Å²) < 4.78 is 0. The van der Waals surface area contributed by atoms with E-state index in [2.05, 4.69) is 12.2 Å². The lowest BCUT2D eigenvalue weighted by Crippen LogP contribution is -2.46. The molecule has 1 heterocycles. The van der Waals surface area contributed by atoms with Gasteiger partial charge in [-0.2, -0.15) is 0 Å². The molecule has 2 unspecified atom stereocenters. The number of nitrogens with zero attached hydrogens (tertiary/aromatic N) is 1. The minimum atomic E-state index is -0.229. The van der Waals surface area contributed by atoms with Gasteiger partial charge in [0.05, 0.1) is 0 Å². The summed E-state index contributed by atoms with van der Waals surface area (Å²) in [4.78, 5) is 26.4. The first-order chi connectivity index (χ1) is 10.2. The molecule has 2 aliphatic rings. The number of hydrogen-bond acceptors (Lipinski definition) is 3. The maximum atomic E-state index is 12.4. The summed E-state index contributed by atoms with van der Waals surface area (Å²) in [5.41, 5.74) is 5.60. The van der Waals surface area contributed by atoms with Crippen LogP contribution >= 0.6 is 0 Å². The van der Waals surface area contributed by atoms with Gasteiger partial charge in [-0.1, -0.05) is 13.3 Å². The number of carbonyl (C=O) groups excluding carboxylic acids is 2. The zero-order valence-corrected chi connectivity index (χ0v) is 13.1. The number of hydrogen-bond donors (Lipinski definition) is 2. The second-order valence-electron chi connectivity index (χ2n) is 6.42. The van der Waals surface area contributed by atoms with E-state index < -0.39 is 0 Å². The Morgan fingerprint density at radius 3 is 2.67 bits per heavy atom. The van der Waals surface area contributed by atoms with Gasteiger partial charge in [0.1, 0.15) is 6.04 Å². The summed E-state index contributed by atoms with van der Waals surface area (Å²) in [5, 5.41) is 3.03. The molecule has 1 saturated heterocycles. The highest BCUT2D eigenvalue weighted by atomic mass is 16.2. The van der Waals surface area contributed by atoms with Crippen molar-refractivity contribution < 1.29 is 9.59 Å². The summed E-state index contributed by atoms with van der Waals surface area (Å²) in [6.45, 7) is 3.56. The summed E-state index contributed by atoms with van der Waals surface area (Å²) in [6.07, 6.45) is 7.41. The zero-order valence-electron chi connectivity index (χ0n) is 13.1. The second kappa shape index (κ2) is 7.78. The smallest absolute Gasteiger partial charge is 0.243 e. The number of rotatable bonds is 8. The third-order valence-corrected chi connectivity index (χ3v) is 4.72. The van der Waals surface area contributed by atoms with Crippen molar-refractivity contribution in [3.63, 3.8) is 0 Å². The van der Waals surface area contributed by atoms with Gasteiger partial charge >= 0.3 is 0 Å². The van der Waals surface area contributed by atoms with Crippen molar-refractivity contribution in [1.82, 2.24) is 10.2 Å². The van der Waals surface area contributed by atoms with Gasteiger partial charge in [-0.15, -0.1) is 0 Å². The Bertz CT molecular complexity index is 369. The summed E-state index contributed by atoms with van der Waals surface area (Å²) in [6, 6.07) is 0.136. The van der Waals surface area contributed by atoms with Crippen LogP contribution in [0.15, 0.2) is 0 Å². The molecule has 0 radical (unpaired) electrons. The SMILES string of the molecule is CCC(CCN)CCC(=O)N1CCCC1C(=O)NC1CC1. The fraction of sp³-hybridized carbons (Fsp3) is 0.875. The van der Waals surface area contributed by atoms with E-state index in [9.17, 15) is 9.59 Å². The van der Waals surface area contributed by atoms with E-state index in [1.165, 1.54) is 0 Å². The van der Waals surface area contributed by atoms with Crippen LogP contribution in [-0.4, -0.2) is 41.9 Å². The van der Waals surface area contributed by atoms with Crippen molar-refractivity contribution >= 4 is 11.8 Å². The molecule has 2 atom stereocenters. The van der Waals surface area contributed by atoms with E-state index in [0.29, 0.717) is 24.9 Å². The molecule has 0 bridgehead atoms. The Morgan fingerprint density at radius 1 is 1.29 bits per heavy atom. The highest BCUT2D eigenvalue weighted by Crippen LogP contribution is 2.24. The average molecular weight is 295 g/mol. The lowest BCUT2D eigenvalue weighted by molar-refractivity contribution is -0.138. The minimum absolute atomic E-state index is 0.0531. The Kier molecular flexibility index (Phi) is 6.03. The number of carbonyl (C=O) groups is 2. The predicted octanol–water partition coefficient (Wildman–Crippen LogP) is 1.41. The quantitative estimate of drug-likeness (QED) is 0.711. The summed E-state index contributed by atoms with van der Waals surface area (Å²) >= 11 is 0. The van der Waals surface area contributed by atoms with Crippen molar-refractivity contribution in [2.24, 2.45) is 11.7 Å². The van der Waals surface area contributed by atoms with Gasteiger partial charge in [-0.05, 0) is 51.0 Å². The fourth-order valence-corrected chi connectivity index (χ4v) is 3.12. The summed E-state index contributed by atoms with van der Waals surface area (Å²) in [5.74, 6) is 0.719. The topological polar surface area (TPSA) is 75.4 Å². The van der Waals surface area contributed by atoms with E-state index in [4.69, 9.17) is 5.73 Å². The number of nitrogens with one attached hydrogen (secondary N) is 1. The monoisotopic (exact) mass is 295 g/mol. The molecule has 0 spiro atoms. The highest BCUT2D eigenvalue weighted by molar-refractivity contribution is 5.88. The van der Waals surface area contributed by atoms with Gasteiger partial charge in [-0.25, -0.2) is 0 Å². The zero-order chi connectivity index (χ0) is 15.2. The van der Waals surface area contributed by atoms with Crippen LogP contribution in [-0.2, 0) is 9.59 Å². The van der Waals surface area contributed by atoms with Crippen molar-refractivity contribution in [2.45, 2.75) is 70.4 Å². The van der Waals surface area contributed by atoms with Crippen LogP contribution in [0, 0.1) is 5.92 Å². The fourth-order valence-electron chi connectivity index (χ4n) is 3.12. The van der Waals surface area contributed by atoms with Crippen LogP contribution in [0.3, 0.4) is 0 Å².